The molecule has 0 aliphatic heterocycles. The van der Waals surface area contributed by atoms with Crippen LogP contribution in [0.1, 0.15) is 5.56 Å². The number of ether oxygens (including phenoxy) is 1. The fourth-order valence-electron chi connectivity index (χ4n) is 1.39. The van der Waals surface area contributed by atoms with Gasteiger partial charge in [0, 0.05) is 5.56 Å². The quantitative estimate of drug-likeness (QED) is 0.901. The molecule has 0 saturated heterocycles. The van der Waals surface area contributed by atoms with Crippen molar-refractivity contribution in [3.05, 3.63) is 58.9 Å². The molecule has 0 amide bonds. The molecule has 1 N–H and O–H groups in total. The Bertz CT molecular complexity index is 529. The lowest BCUT2D eigenvalue weighted by molar-refractivity contribution is 0.284. The van der Waals surface area contributed by atoms with E-state index in [2.05, 4.69) is 0 Å². The standard InChI is InChI=1S/C13H10ClFO2/c14-10-5-3-4-9(13(10)15)8-17-12-7-2-1-6-11(12)16/h1-7,16H,8H2. The lowest BCUT2D eigenvalue weighted by Crippen LogP contribution is -1.98. The predicted molar refractivity (Wildman–Crippen MR) is 63.8 cm³/mol. The van der Waals surface area contributed by atoms with E-state index in [9.17, 15) is 9.50 Å². The van der Waals surface area contributed by atoms with Crippen molar-refractivity contribution in [1.29, 1.82) is 0 Å². The number of para-hydroxylation sites is 2. The highest BCUT2D eigenvalue weighted by atomic mass is 35.5. The zero-order chi connectivity index (χ0) is 12.3. The number of halogens is 2. The van der Waals surface area contributed by atoms with Crippen LogP contribution in [-0.2, 0) is 6.61 Å². The van der Waals surface area contributed by atoms with Gasteiger partial charge in [-0.15, -0.1) is 0 Å². The van der Waals surface area contributed by atoms with Gasteiger partial charge in [-0.05, 0) is 18.2 Å². The van der Waals surface area contributed by atoms with E-state index in [1.807, 2.05) is 0 Å². The van der Waals surface area contributed by atoms with Gasteiger partial charge >= 0.3 is 0 Å². The van der Waals surface area contributed by atoms with E-state index in [1.54, 1.807) is 30.3 Å². The molecule has 2 aromatic rings. The van der Waals surface area contributed by atoms with E-state index in [0.717, 1.165) is 0 Å². The van der Waals surface area contributed by atoms with Crippen LogP contribution in [0.2, 0.25) is 5.02 Å². The molecular weight excluding hydrogens is 243 g/mol. The average molecular weight is 253 g/mol. The second kappa shape index (κ2) is 5.06. The molecular formula is C13H10ClFO2. The molecule has 88 valence electrons. The Labute approximate surface area is 103 Å². The molecule has 0 saturated carbocycles. The molecule has 0 aliphatic rings. The first kappa shape index (κ1) is 11.7. The van der Waals surface area contributed by atoms with Crippen molar-refractivity contribution in [1.82, 2.24) is 0 Å². The maximum absolute atomic E-state index is 13.5. The maximum atomic E-state index is 13.5. The summed E-state index contributed by atoms with van der Waals surface area (Å²) in [5.41, 5.74) is 0.348. The largest absolute Gasteiger partial charge is 0.504 e. The third-order valence-electron chi connectivity index (χ3n) is 2.28. The van der Waals surface area contributed by atoms with Crippen molar-refractivity contribution in [2.45, 2.75) is 6.61 Å². The summed E-state index contributed by atoms with van der Waals surface area (Å²) in [6.07, 6.45) is 0. The highest BCUT2D eigenvalue weighted by Gasteiger charge is 2.07. The topological polar surface area (TPSA) is 29.5 Å². The molecule has 17 heavy (non-hydrogen) atoms. The molecule has 0 radical (unpaired) electrons. The second-order valence-corrected chi connectivity index (χ2v) is 3.88. The zero-order valence-corrected chi connectivity index (χ0v) is 9.62. The summed E-state index contributed by atoms with van der Waals surface area (Å²) >= 11 is 5.65. The van der Waals surface area contributed by atoms with E-state index in [1.165, 1.54) is 12.1 Å². The van der Waals surface area contributed by atoms with E-state index in [4.69, 9.17) is 16.3 Å². The summed E-state index contributed by atoms with van der Waals surface area (Å²) in [6.45, 7) is 0.0178. The third-order valence-corrected chi connectivity index (χ3v) is 2.57. The highest BCUT2D eigenvalue weighted by Crippen LogP contribution is 2.26. The van der Waals surface area contributed by atoms with Crippen LogP contribution in [0, 0.1) is 5.82 Å². The SMILES string of the molecule is Oc1ccccc1OCc1cccc(Cl)c1F. The zero-order valence-electron chi connectivity index (χ0n) is 8.86. The molecule has 4 heteroatoms. The van der Waals surface area contributed by atoms with E-state index < -0.39 is 5.82 Å². The van der Waals surface area contributed by atoms with Gasteiger partial charge in [-0.3, -0.25) is 0 Å². The number of hydrogen-bond donors (Lipinski definition) is 1. The van der Waals surface area contributed by atoms with Gasteiger partial charge in [-0.25, -0.2) is 4.39 Å². The highest BCUT2D eigenvalue weighted by molar-refractivity contribution is 6.30. The summed E-state index contributed by atoms with van der Waals surface area (Å²) in [6, 6.07) is 11.2. The Morgan fingerprint density at radius 2 is 1.88 bits per heavy atom. The first-order valence-electron chi connectivity index (χ1n) is 5.02. The molecule has 0 aliphatic carbocycles. The number of benzene rings is 2. The normalized spacial score (nSPS) is 10.2. The van der Waals surface area contributed by atoms with Gasteiger partial charge in [-0.2, -0.15) is 0 Å². The van der Waals surface area contributed by atoms with Gasteiger partial charge in [0.1, 0.15) is 12.4 Å². The van der Waals surface area contributed by atoms with Crippen LogP contribution in [0.4, 0.5) is 4.39 Å². The minimum absolute atomic E-state index is 0.0178. The minimum atomic E-state index is -0.496. The number of aromatic hydroxyl groups is 1. The summed E-state index contributed by atoms with van der Waals surface area (Å²) in [5.74, 6) is -0.161. The van der Waals surface area contributed by atoms with Crippen molar-refractivity contribution in [2.24, 2.45) is 0 Å². The van der Waals surface area contributed by atoms with Crippen molar-refractivity contribution in [2.75, 3.05) is 0 Å². The Balaban J connectivity index is 2.13. The Morgan fingerprint density at radius 1 is 1.12 bits per heavy atom. The predicted octanol–water partition coefficient (Wildman–Crippen LogP) is 3.76. The van der Waals surface area contributed by atoms with Crippen molar-refractivity contribution in [3.8, 4) is 11.5 Å². The van der Waals surface area contributed by atoms with Gasteiger partial charge < -0.3 is 9.84 Å². The van der Waals surface area contributed by atoms with Crippen LogP contribution in [0.5, 0.6) is 11.5 Å². The first-order chi connectivity index (χ1) is 8.18. The summed E-state index contributed by atoms with van der Waals surface area (Å²) < 4.78 is 18.8. The number of rotatable bonds is 3. The molecule has 0 atom stereocenters. The van der Waals surface area contributed by atoms with Crippen molar-refractivity contribution in [3.63, 3.8) is 0 Å². The average Bonchev–Trinajstić information content (AvgIpc) is 2.33. The van der Waals surface area contributed by atoms with Gasteiger partial charge in [0.15, 0.2) is 11.5 Å². The number of phenolic OH excluding ortho intramolecular Hbond substituents is 1. The molecule has 2 aromatic carbocycles. The number of hydrogen-bond acceptors (Lipinski definition) is 2. The van der Waals surface area contributed by atoms with Gasteiger partial charge in [0.05, 0.1) is 5.02 Å². The van der Waals surface area contributed by atoms with Crippen LogP contribution in [0.25, 0.3) is 0 Å². The Kier molecular flexibility index (Phi) is 3.49. The third kappa shape index (κ3) is 2.68. The molecule has 0 heterocycles. The number of phenols is 1. The molecule has 0 bridgehead atoms. The van der Waals surface area contributed by atoms with Crippen LogP contribution in [0.3, 0.4) is 0 Å². The summed E-state index contributed by atoms with van der Waals surface area (Å²) in [4.78, 5) is 0. The van der Waals surface area contributed by atoms with E-state index in [0.29, 0.717) is 11.3 Å². The minimum Gasteiger partial charge on any atom is -0.504 e. The smallest absolute Gasteiger partial charge is 0.161 e. The van der Waals surface area contributed by atoms with E-state index in [-0.39, 0.29) is 17.4 Å². The van der Waals surface area contributed by atoms with Crippen LogP contribution >= 0.6 is 11.6 Å². The summed E-state index contributed by atoms with van der Waals surface area (Å²) in [5, 5.41) is 9.53. The second-order valence-electron chi connectivity index (χ2n) is 3.47. The van der Waals surface area contributed by atoms with Crippen molar-refractivity contribution < 1.29 is 14.2 Å². The molecule has 0 fully saturated rings. The molecule has 2 rings (SSSR count). The monoisotopic (exact) mass is 252 g/mol. The molecule has 0 spiro atoms. The maximum Gasteiger partial charge on any atom is 0.161 e. The lowest BCUT2D eigenvalue weighted by atomic mass is 10.2. The van der Waals surface area contributed by atoms with Gasteiger partial charge in [0.2, 0.25) is 0 Å². The fourth-order valence-corrected chi connectivity index (χ4v) is 1.59. The Hall–Kier alpha value is -1.74. The molecule has 0 aromatic heterocycles. The molecule has 2 nitrogen and oxygen atoms in total. The van der Waals surface area contributed by atoms with Crippen LogP contribution in [0.15, 0.2) is 42.5 Å². The van der Waals surface area contributed by atoms with Crippen LogP contribution in [-0.4, -0.2) is 5.11 Å². The summed E-state index contributed by atoms with van der Waals surface area (Å²) in [7, 11) is 0. The molecule has 0 unspecified atom stereocenters. The fraction of sp³-hybridized carbons (Fsp3) is 0.0769. The van der Waals surface area contributed by atoms with E-state index >= 15 is 0 Å². The lowest BCUT2D eigenvalue weighted by Gasteiger charge is -2.08. The van der Waals surface area contributed by atoms with Gasteiger partial charge in [-0.1, -0.05) is 35.9 Å². The van der Waals surface area contributed by atoms with Crippen LogP contribution < -0.4 is 4.74 Å². The Morgan fingerprint density at radius 3 is 2.65 bits per heavy atom. The van der Waals surface area contributed by atoms with Gasteiger partial charge in [0.25, 0.3) is 0 Å². The first-order valence-corrected chi connectivity index (χ1v) is 5.40. The van der Waals surface area contributed by atoms with Crippen molar-refractivity contribution >= 4 is 11.6 Å².